The van der Waals surface area contributed by atoms with Crippen molar-refractivity contribution in [2.75, 3.05) is 6.54 Å². The van der Waals surface area contributed by atoms with Gasteiger partial charge in [0.05, 0.1) is 10.4 Å². The molecule has 1 aromatic heterocycles. The molecular formula is C19H19Cl2NOS. The van der Waals surface area contributed by atoms with Crippen LogP contribution in [0.15, 0.2) is 36.4 Å². The summed E-state index contributed by atoms with van der Waals surface area (Å²) in [4.78, 5) is 15.9. The maximum Gasteiger partial charge on any atom is 0.223 e. The van der Waals surface area contributed by atoms with Crippen LogP contribution in [0.3, 0.4) is 0 Å². The van der Waals surface area contributed by atoms with Gasteiger partial charge in [-0.05, 0) is 55.0 Å². The van der Waals surface area contributed by atoms with Gasteiger partial charge in [0.15, 0.2) is 0 Å². The molecule has 4 rings (SSSR count). The Hall–Kier alpha value is -1.03. The van der Waals surface area contributed by atoms with Crippen LogP contribution in [0.2, 0.25) is 9.36 Å². The highest BCUT2D eigenvalue weighted by atomic mass is 35.5. The Morgan fingerprint density at radius 2 is 1.96 bits per heavy atom. The largest absolute Gasteiger partial charge is 0.334 e. The van der Waals surface area contributed by atoms with Crippen LogP contribution in [0.25, 0.3) is 0 Å². The molecule has 1 aliphatic carbocycles. The number of thiophene rings is 1. The maximum absolute atomic E-state index is 12.7. The Morgan fingerprint density at radius 1 is 1.12 bits per heavy atom. The van der Waals surface area contributed by atoms with Crippen molar-refractivity contribution in [2.45, 2.75) is 37.6 Å². The molecule has 2 nitrogen and oxygen atoms in total. The molecule has 2 aromatic rings. The number of halogens is 2. The molecule has 1 amide bonds. The molecule has 0 N–H and O–H groups in total. The maximum atomic E-state index is 12.7. The zero-order valence-corrected chi connectivity index (χ0v) is 15.6. The van der Waals surface area contributed by atoms with E-state index in [2.05, 4.69) is 17.0 Å². The monoisotopic (exact) mass is 379 g/mol. The number of benzene rings is 1. The number of likely N-dealkylation sites (tertiary alicyclic amines) is 1. The lowest BCUT2D eigenvalue weighted by Gasteiger charge is -2.41. The molecule has 1 aliphatic heterocycles. The average molecular weight is 380 g/mol. The number of carbonyl (C=O) groups is 1. The van der Waals surface area contributed by atoms with E-state index < -0.39 is 0 Å². The summed E-state index contributed by atoms with van der Waals surface area (Å²) in [5, 5.41) is 0.751. The number of carbonyl (C=O) groups excluding carboxylic acids is 1. The van der Waals surface area contributed by atoms with Crippen LogP contribution in [0, 0.1) is 5.92 Å². The predicted molar refractivity (Wildman–Crippen MR) is 99.9 cm³/mol. The van der Waals surface area contributed by atoms with E-state index in [1.807, 2.05) is 24.3 Å². The van der Waals surface area contributed by atoms with E-state index in [4.69, 9.17) is 23.2 Å². The first-order valence-corrected chi connectivity index (χ1v) is 9.99. The lowest BCUT2D eigenvalue weighted by molar-refractivity contribution is -0.137. The second kappa shape index (κ2) is 6.70. The van der Waals surface area contributed by atoms with Gasteiger partial charge in [-0.2, -0.15) is 0 Å². The third-order valence-corrected chi connectivity index (χ3v) is 6.56. The number of rotatable bonds is 4. The van der Waals surface area contributed by atoms with E-state index in [9.17, 15) is 4.79 Å². The lowest BCUT2D eigenvalue weighted by atomic mass is 9.82. The molecule has 2 aliphatic rings. The fraction of sp³-hybridized carbons (Fsp3) is 0.421. The minimum absolute atomic E-state index is 0.0721. The van der Waals surface area contributed by atoms with Gasteiger partial charge in [0.2, 0.25) is 5.91 Å². The third-order valence-electron chi connectivity index (χ3n) is 5.02. The highest BCUT2D eigenvalue weighted by molar-refractivity contribution is 7.16. The summed E-state index contributed by atoms with van der Waals surface area (Å²) in [7, 11) is 0. The van der Waals surface area contributed by atoms with Crippen LogP contribution >= 0.6 is 34.5 Å². The molecule has 2 unspecified atom stereocenters. The van der Waals surface area contributed by atoms with Crippen molar-refractivity contribution < 1.29 is 4.79 Å². The molecule has 126 valence electrons. The van der Waals surface area contributed by atoms with Gasteiger partial charge in [0, 0.05) is 28.8 Å². The summed E-state index contributed by atoms with van der Waals surface area (Å²) >= 11 is 14.0. The highest BCUT2D eigenvalue weighted by Gasteiger charge is 2.40. The van der Waals surface area contributed by atoms with Gasteiger partial charge in [0.25, 0.3) is 0 Å². The minimum Gasteiger partial charge on any atom is -0.334 e. The summed E-state index contributed by atoms with van der Waals surface area (Å²) in [5.41, 5.74) is 1.21. The fourth-order valence-electron chi connectivity index (χ4n) is 3.67. The Morgan fingerprint density at radius 3 is 2.62 bits per heavy atom. The van der Waals surface area contributed by atoms with Crippen molar-refractivity contribution in [3.63, 3.8) is 0 Å². The quantitative estimate of drug-likeness (QED) is 0.646. The van der Waals surface area contributed by atoms with E-state index in [-0.39, 0.29) is 17.9 Å². The number of nitrogens with zero attached hydrogens (tertiary/aromatic N) is 1. The molecule has 2 heterocycles. The summed E-state index contributed by atoms with van der Waals surface area (Å²) in [5.74, 6) is 1.22. The van der Waals surface area contributed by atoms with Crippen LogP contribution in [0.1, 0.15) is 48.1 Å². The summed E-state index contributed by atoms with van der Waals surface area (Å²) < 4.78 is 0.777. The Labute approximate surface area is 156 Å². The number of hydrogen-bond donors (Lipinski definition) is 0. The third kappa shape index (κ3) is 3.35. The Kier molecular flexibility index (Phi) is 4.59. The number of hydrogen-bond acceptors (Lipinski definition) is 2. The second-order valence-electron chi connectivity index (χ2n) is 6.78. The molecule has 0 spiro atoms. The number of amides is 1. The number of piperidine rings is 1. The van der Waals surface area contributed by atoms with Gasteiger partial charge in [-0.3, -0.25) is 4.79 Å². The van der Waals surface area contributed by atoms with Crippen molar-refractivity contribution in [1.29, 1.82) is 0 Å². The topological polar surface area (TPSA) is 20.3 Å². The van der Waals surface area contributed by atoms with Gasteiger partial charge in [-0.1, -0.05) is 35.3 Å². The van der Waals surface area contributed by atoms with Crippen molar-refractivity contribution in [3.8, 4) is 0 Å². The normalized spacial score (nSPS) is 24.4. The van der Waals surface area contributed by atoms with Gasteiger partial charge in [-0.25, -0.2) is 0 Å². The molecule has 5 heteroatoms. The van der Waals surface area contributed by atoms with Crippen molar-refractivity contribution in [2.24, 2.45) is 5.92 Å². The van der Waals surface area contributed by atoms with Gasteiger partial charge in [0.1, 0.15) is 0 Å². The van der Waals surface area contributed by atoms with Crippen LogP contribution < -0.4 is 0 Å². The Balaban J connectivity index is 1.74. The van der Waals surface area contributed by atoms with Crippen molar-refractivity contribution >= 4 is 40.4 Å². The molecule has 1 saturated carbocycles. The summed E-state index contributed by atoms with van der Waals surface area (Å²) in [6.45, 7) is 0.871. The first-order chi connectivity index (χ1) is 11.6. The molecule has 24 heavy (non-hydrogen) atoms. The molecular weight excluding hydrogens is 361 g/mol. The molecule has 2 fully saturated rings. The van der Waals surface area contributed by atoms with Gasteiger partial charge >= 0.3 is 0 Å². The average Bonchev–Trinajstić information content (AvgIpc) is 3.28. The first kappa shape index (κ1) is 16.4. The molecule has 1 aromatic carbocycles. The first-order valence-electron chi connectivity index (χ1n) is 8.42. The van der Waals surface area contributed by atoms with E-state index in [0.717, 1.165) is 22.3 Å². The van der Waals surface area contributed by atoms with Crippen LogP contribution in [0.4, 0.5) is 0 Å². The Bertz CT molecular complexity index is 755. The van der Waals surface area contributed by atoms with Gasteiger partial charge < -0.3 is 4.90 Å². The van der Waals surface area contributed by atoms with Crippen LogP contribution in [0.5, 0.6) is 0 Å². The van der Waals surface area contributed by atoms with E-state index >= 15 is 0 Å². The summed E-state index contributed by atoms with van der Waals surface area (Å²) in [6.07, 6.45) is 3.95. The lowest BCUT2D eigenvalue weighted by Crippen LogP contribution is -2.42. The van der Waals surface area contributed by atoms with Crippen molar-refractivity contribution in [3.05, 3.63) is 56.2 Å². The molecule has 2 atom stereocenters. The van der Waals surface area contributed by atoms with Crippen LogP contribution in [-0.2, 0) is 4.79 Å². The zero-order valence-electron chi connectivity index (χ0n) is 13.3. The summed E-state index contributed by atoms with van der Waals surface area (Å²) in [6, 6.07) is 12.2. The SMILES string of the molecule is O=C1CCC(c2cccc(Cl)c2)C(c2ccc(Cl)s2)N1CC1CC1. The molecule has 0 bridgehead atoms. The smallest absolute Gasteiger partial charge is 0.223 e. The molecule has 1 saturated heterocycles. The van der Waals surface area contributed by atoms with E-state index in [0.29, 0.717) is 12.3 Å². The fourth-order valence-corrected chi connectivity index (χ4v) is 5.11. The zero-order chi connectivity index (χ0) is 16.7. The van der Waals surface area contributed by atoms with E-state index in [1.165, 1.54) is 23.3 Å². The van der Waals surface area contributed by atoms with Crippen LogP contribution in [-0.4, -0.2) is 17.4 Å². The predicted octanol–water partition coefficient (Wildman–Crippen LogP) is 5.91. The second-order valence-corrected chi connectivity index (χ2v) is 8.96. The minimum atomic E-state index is 0.0721. The highest BCUT2D eigenvalue weighted by Crippen LogP contribution is 2.47. The van der Waals surface area contributed by atoms with Gasteiger partial charge in [-0.15, -0.1) is 11.3 Å². The standard InChI is InChI=1S/C19H19Cl2NOS/c20-14-3-1-2-13(10-14)15-6-9-18(23)22(11-12-4-5-12)19(15)16-7-8-17(21)24-16/h1-3,7-8,10,12,15,19H,4-6,9,11H2. The molecule has 0 radical (unpaired) electrons. The van der Waals surface area contributed by atoms with Crippen molar-refractivity contribution in [1.82, 2.24) is 4.90 Å². The van der Waals surface area contributed by atoms with E-state index in [1.54, 1.807) is 11.3 Å².